The molecule has 0 saturated heterocycles. The van der Waals surface area contributed by atoms with E-state index < -0.39 is 0 Å². The zero-order chi connectivity index (χ0) is 24.4. The van der Waals surface area contributed by atoms with Crippen molar-refractivity contribution >= 4 is 0 Å². The molecule has 0 bridgehead atoms. The number of hydrogen-bond acceptors (Lipinski definition) is 0. The van der Waals surface area contributed by atoms with E-state index in [1.54, 1.807) is 16.7 Å². The fourth-order valence-corrected chi connectivity index (χ4v) is 6.32. The first-order valence-electron chi connectivity index (χ1n) is 14.3. The SMILES string of the molecule is CCCCC1=C(C)CCC(C(C)CCc2ccccc2)C(C)C(C)C(C(C)CC)=CC1CC. The summed E-state index contributed by atoms with van der Waals surface area (Å²) in [6, 6.07) is 11.1. The van der Waals surface area contributed by atoms with Crippen molar-refractivity contribution in [3.05, 3.63) is 58.7 Å². The number of aryl methyl sites for hydroxylation is 1. The van der Waals surface area contributed by atoms with Crippen LogP contribution in [0.1, 0.15) is 112 Å². The molecule has 1 aliphatic rings. The molecule has 6 atom stereocenters. The lowest BCUT2D eigenvalue weighted by Crippen LogP contribution is -2.29. The lowest BCUT2D eigenvalue weighted by molar-refractivity contribution is 0.183. The average molecular weight is 451 g/mol. The lowest BCUT2D eigenvalue weighted by Gasteiger charge is -2.38. The van der Waals surface area contributed by atoms with E-state index in [1.165, 1.54) is 63.4 Å². The molecule has 0 heterocycles. The molecule has 1 aromatic rings. The second kappa shape index (κ2) is 14.2. The summed E-state index contributed by atoms with van der Waals surface area (Å²) >= 11 is 0. The molecule has 33 heavy (non-hydrogen) atoms. The molecule has 0 nitrogen and oxygen atoms in total. The van der Waals surface area contributed by atoms with E-state index in [4.69, 9.17) is 0 Å². The summed E-state index contributed by atoms with van der Waals surface area (Å²) in [4.78, 5) is 0. The molecule has 0 saturated carbocycles. The van der Waals surface area contributed by atoms with E-state index in [-0.39, 0.29) is 0 Å². The topological polar surface area (TPSA) is 0 Å². The minimum Gasteiger partial charge on any atom is -0.0776 e. The van der Waals surface area contributed by atoms with Crippen LogP contribution in [0.2, 0.25) is 0 Å². The molecule has 0 heteroatoms. The smallest absolute Gasteiger partial charge is 0.00204 e. The van der Waals surface area contributed by atoms with Crippen LogP contribution in [-0.2, 0) is 6.42 Å². The van der Waals surface area contributed by atoms with Crippen LogP contribution in [-0.4, -0.2) is 0 Å². The van der Waals surface area contributed by atoms with Crippen LogP contribution in [0.3, 0.4) is 0 Å². The predicted octanol–water partition coefficient (Wildman–Crippen LogP) is 10.4. The summed E-state index contributed by atoms with van der Waals surface area (Å²) in [6.07, 6.45) is 14.3. The van der Waals surface area contributed by atoms with Crippen LogP contribution in [0.5, 0.6) is 0 Å². The molecular weight excluding hydrogens is 396 g/mol. The van der Waals surface area contributed by atoms with Gasteiger partial charge < -0.3 is 0 Å². The largest absolute Gasteiger partial charge is 0.0776 e. The van der Waals surface area contributed by atoms with Gasteiger partial charge in [0, 0.05) is 0 Å². The fraction of sp³-hybridized carbons (Fsp3) is 0.697. The average Bonchev–Trinajstić information content (AvgIpc) is 2.83. The molecule has 0 aliphatic heterocycles. The van der Waals surface area contributed by atoms with E-state index in [0.717, 1.165) is 17.8 Å². The molecular formula is C33H54. The zero-order valence-electron chi connectivity index (χ0n) is 23.3. The third-order valence-corrected chi connectivity index (χ3v) is 9.11. The van der Waals surface area contributed by atoms with Crippen molar-refractivity contribution in [3.8, 4) is 0 Å². The normalized spacial score (nSPS) is 26.6. The first-order chi connectivity index (χ1) is 15.8. The Bertz CT molecular complexity index is 737. The summed E-state index contributed by atoms with van der Waals surface area (Å²) in [7, 11) is 0. The molecule has 0 N–H and O–H groups in total. The summed E-state index contributed by atoms with van der Waals surface area (Å²) in [5.74, 6) is 4.28. The lowest BCUT2D eigenvalue weighted by atomic mass is 9.67. The van der Waals surface area contributed by atoms with Gasteiger partial charge in [0.15, 0.2) is 0 Å². The van der Waals surface area contributed by atoms with Crippen molar-refractivity contribution in [1.82, 2.24) is 0 Å². The van der Waals surface area contributed by atoms with Gasteiger partial charge in [-0.25, -0.2) is 0 Å². The second-order valence-corrected chi connectivity index (χ2v) is 11.3. The van der Waals surface area contributed by atoms with Crippen molar-refractivity contribution < 1.29 is 0 Å². The quantitative estimate of drug-likeness (QED) is 0.311. The second-order valence-electron chi connectivity index (χ2n) is 11.3. The maximum Gasteiger partial charge on any atom is -0.00204 e. The minimum absolute atomic E-state index is 0.641. The highest BCUT2D eigenvalue weighted by Gasteiger charge is 2.32. The van der Waals surface area contributed by atoms with Gasteiger partial charge in [-0.05, 0) is 99.4 Å². The van der Waals surface area contributed by atoms with Gasteiger partial charge in [0.2, 0.25) is 0 Å². The molecule has 186 valence electrons. The molecule has 6 unspecified atom stereocenters. The van der Waals surface area contributed by atoms with Crippen LogP contribution < -0.4 is 0 Å². The number of rotatable bonds is 10. The Morgan fingerprint density at radius 3 is 2.27 bits per heavy atom. The summed E-state index contributed by atoms with van der Waals surface area (Å²) in [6.45, 7) is 19.7. The highest BCUT2D eigenvalue weighted by atomic mass is 14.4. The van der Waals surface area contributed by atoms with Crippen molar-refractivity contribution in [2.45, 2.75) is 113 Å². The first kappa shape index (κ1) is 27.9. The maximum absolute atomic E-state index is 2.75. The van der Waals surface area contributed by atoms with Gasteiger partial charge in [-0.2, -0.15) is 0 Å². The van der Waals surface area contributed by atoms with Gasteiger partial charge in [0.05, 0.1) is 0 Å². The van der Waals surface area contributed by atoms with Gasteiger partial charge in [0.1, 0.15) is 0 Å². The third kappa shape index (κ3) is 7.87. The van der Waals surface area contributed by atoms with Crippen molar-refractivity contribution in [1.29, 1.82) is 0 Å². The predicted molar refractivity (Wildman–Crippen MR) is 149 cm³/mol. The summed E-state index contributed by atoms with van der Waals surface area (Å²) in [5.41, 5.74) is 6.73. The Hall–Kier alpha value is -1.30. The zero-order valence-corrected chi connectivity index (χ0v) is 23.3. The highest BCUT2D eigenvalue weighted by Crippen LogP contribution is 2.42. The van der Waals surface area contributed by atoms with E-state index >= 15 is 0 Å². The van der Waals surface area contributed by atoms with E-state index in [1.807, 2.05) is 0 Å². The molecule has 0 fully saturated rings. The van der Waals surface area contributed by atoms with Crippen LogP contribution in [0, 0.1) is 35.5 Å². The Labute approximate surface area is 207 Å². The van der Waals surface area contributed by atoms with Crippen LogP contribution >= 0.6 is 0 Å². The minimum atomic E-state index is 0.641. The number of unbranched alkanes of at least 4 members (excludes halogenated alkanes) is 1. The molecule has 1 aliphatic carbocycles. The van der Waals surface area contributed by atoms with E-state index in [2.05, 4.69) is 91.8 Å². The monoisotopic (exact) mass is 450 g/mol. The highest BCUT2D eigenvalue weighted by molar-refractivity contribution is 5.25. The van der Waals surface area contributed by atoms with E-state index in [0.29, 0.717) is 17.8 Å². The van der Waals surface area contributed by atoms with Crippen LogP contribution in [0.25, 0.3) is 0 Å². The first-order valence-corrected chi connectivity index (χ1v) is 14.3. The summed E-state index contributed by atoms with van der Waals surface area (Å²) < 4.78 is 0. The van der Waals surface area contributed by atoms with Crippen molar-refractivity contribution in [2.24, 2.45) is 35.5 Å². The molecule has 0 radical (unpaired) electrons. The van der Waals surface area contributed by atoms with Gasteiger partial charge in [0.25, 0.3) is 0 Å². The third-order valence-electron chi connectivity index (χ3n) is 9.11. The molecule has 2 rings (SSSR count). The van der Waals surface area contributed by atoms with Crippen molar-refractivity contribution in [2.75, 3.05) is 0 Å². The molecule has 0 spiro atoms. The fourth-order valence-electron chi connectivity index (χ4n) is 6.32. The molecule has 0 aromatic heterocycles. The molecule has 0 amide bonds. The molecule has 1 aromatic carbocycles. The Morgan fingerprint density at radius 2 is 1.67 bits per heavy atom. The van der Waals surface area contributed by atoms with E-state index in [9.17, 15) is 0 Å². The number of benzene rings is 1. The van der Waals surface area contributed by atoms with Gasteiger partial charge in [-0.15, -0.1) is 0 Å². The van der Waals surface area contributed by atoms with Gasteiger partial charge in [-0.1, -0.05) is 108 Å². The Kier molecular flexibility index (Phi) is 12.0. The summed E-state index contributed by atoms with van der Waals surface area (Å²) in [5, 5.41) is 0. The Balaban J connectivity index is 2.37. The van der Waals surface area contributed by atoms with Crippen molar-refractivity contribution in [3.63, 3.8) is 0 Å². The van der Waals surface area contributed by atoms with Gasteiger partial charge in [-0.3, -0.25) is 0 Å². The van der Waals surface area contributed by atoms with Crippen LogP contribution in [0.4, 0.5) is 0 Å². The Morgan fingerprint density at radius 1 is 0.970 bits per heavy atom. The number of allylic oxidation sites excluding steroid dienone is 4. The van der Waals surface area contributed by atoms with Crippen LogP contribution in [0.15, 0.2) is 53.1 Å². The maximum atomic E-state index is 2.75. The van der Waals surface area contributed by atoms with Gasteiger partial charge >= 0.3 is 0 Å². The standard InChI is InChI=1S/C33H54/c1-9-12-18-32-26(6)20-22-31(25(5)19-21-29-16-14-13-15-17-29)27(7)28(8)33(24(4)10-2)23-30(32)11-3/h13-17,23-25,27-28,30-31H,9-12,18-22H2,1-8H3. The number of hydrogen-bond donors (Lipinski definition) is 0.